The summed E-state index contributed by atoms with van der Waals surface area (Å²) in [5.41, 5.74) is 9.10. The second-order valence-corrected chi connectivity index (χ2v) is 13.8. The molecule has 0 fully saturated rings. The Balaban J connectivity index is 1.26. The quantitative estimate of drug-likeness (QED) is 0.171. The SMILES string of the molecule is Cc1c2ccccc2c(-c2ccc3c(c2)sc2c(-c4c5ccccc5c(-c5ccccc5)c5ccccc45)cccc23)c2ccccc12. The van der Waals surface area contributed by atoms with Crippen LogP contribution in [0.4, 0.5) is 0 Å². The molecule has 224 valence electrons. The zero-order chi connectivity index (χ0) is 31.8. The van der Waals surface area contributed by atoms with Crippen LogP contribution in [0.15, 0.2) is 164 Å². The third-order valence-electron chi connectivity index (χ3n) is 10.3. The largest absolute Gasteiger partial charge is 0.135 e. The third kappa shape index (κ3) is 3.95. The lowest BCUT2D eigenvalue weighted by Crippen LogP contribution is -1.90. The highest BCUT2D eigenvalue weighted by atomic mass is 32.1. The van der Waals surface area contributed by atoms with Crippen LogP contribution in [0.2, 0.25) is 0 Å². The summed E-state index contributed by atoms with van der Waals surface area (Å²) in [5.74, 6) is 0. The first-order chi connectivity index (χ1) is 23.8. The van der Waals surface area contributed by atoms with Crippen molar-refractivity contribution in [3.05, 3.63) is 169 Å². The molecule has 0 aliphatic heterocycles. The summed E-state index contributed by atoms with van der Waals surface area (Å²) >= 11 is 1.92. The van der Waals surface area contributed by atoms with E-state index in [1.807, 2.05) is 11.3 Å². The second-order valence-electron chi connectivity index (χ2n) is 12.8. The van der Waals surface area contributed by atoms with E-state index in [-0.39, 0.29) is 0 Å². The van der Waals surface area contributed by atoms with Gasteiger partial charge in [-0.1, -0.05) is 158 Å². The van der Waals surface area contributed by atoms with E-state index < -0.39 is 0 Å². The predicted octanol–water partition coefficient (Wildman–Crippen LogP) is 14.0. The van der Waals surface area contributed by atoms with Crippen molar-refractivity contribution in [3.8, 4) is 33.4 Å². The molecule has 48 heavy (non-hydrogen) atoms. The zero-order valence-corrected chi connectivity index (χ0v) is 27.3. The molecule has 0 unspecified atom stereocenters. The molecule has 10 rings (SSSR count). The first-order valence-corrected chi connectivity index (χ1v) is 17.4. The topological polar surface area (TPSA) is 0 Å². The van der Waals surface area contributed by atoms with Crippen molar-refractivity contribution in [3.63, 3.8) is 0 Å². The highest BCUT2D eigenvalue weighted by Crippen LogP contribution is 2.48. The number of hydrogen-bond donors (Lipinski definition) is 0. The molecule has 0 saturated carbocycles. The molecule has 0 nitrogen and oxygen atoms in total. The minimum absolute atomic E-state index is 1.25. The van der Waals surface area contributed by atoms with E-state index in [0.29, 0.717) is 0 Å². The zero-order valence-electron chi connectivity index (χ0n) is 26.5. The van der Waals surface area contributed by atoms with Gasteiger partial charge in [-0.05, 0) is 89.5 Å². The molecular formula is C47H30S. The van der Waals surface area contributed by atoms with Gasteiger partial charge in [0.1, 0.15) is 0 Å². The Bertz CT molecular complexity index is 2780. The van der Waals surface area contributed by atoms with E-state index in [2.05, 4.69) is 171 Å². The highest BCUT2D eigenvalue weighted by Gasteiger charge is 2.20. The molecular weight excluding hydrogens is 597 g/mol. The van der Waals surface area contributed by atoms with E-state index >= 15 is 0 Å². The Hall–Kier alpha value is -5.76. The molecule has 0 spiro atoms. The lowest BCUT2D eigenvalue weighted by Gasteiger charge is -2.18. The smallest absolute Gasteiger partial charge is 0.0434 e. The van der Waals surface area contributed by atoms with Gasteiger partial charge in [0.2, 0.25) is 0 Å². The van der Waals surface area contributed by atoms with E-state index in [1.165, 1.54) is 102 Å². The maximum absolute atomic E-state index is 2.43. The average molecular weight is 627 g/mol. The number of fused-ring (bicyclic) bond motifs is 7. The molecule has 0 aliphatic rings. The van der Waals surface area contributed by atoms with E-state index in [4.69, 9.17) is 0 Å². The average Bonchev–Trinajstić information content (AvgIpc) is 3.53. The van der Waals surface area contributed by atoms with Crippen LogP contribution in [0, 0.1) is 6.92 Å². The van der Waals surface area contributed by atoms with Gasteiger partial charge >= 0.3 is 0 Å². The van der Waals surface area contributed by atoms with Crippen LogP contribution in [-0.4, -0.2) is 0 Å². The van der Waals surface area contributed by atoms with Crippen LogP contribution in [0.25, 0.3) is 96.6 Å². The summed E-state index contributed by atoms with van der Waals surface area (Å²) in [5, 5.41) is 13.1. The van der Waals surface area contributed by atoms with Gasteiger partial charge in [0, 0.05) is 25.7 Å². The molecule has 1 heterocycles. The maximum atomic E-state index is 2.43. The van der Waals surface area contributed by atoms with E-state index in [0.717, 1.165) is 0 Å². The van der Waals surface area contributed by atoms with Gasteiger partial charge in [-0.25, -0.2) is 0 Å². The van der Waals surface area contributed by atoms with Crippen molar-refractivity contribution < 1.29 is 0 Å². The molecule has 1 aromatic heterocycles. The van der Waals surface area contributed by atoms with Crippen molar-refractivity contribution in [1.82, 2.24) is 0 Å². The fraction of sp³-hybridized carbons (Fsp3) is 0.0213. The first-order valence-electron chi connectivity index (χ1n) is 16.6. The van der Waals surface area contributed by atoms with Crippen LogP contribution in [-0.2, 0) is 0 Å². The standard InChI is InChI=1S/C47H30S/c1-29-32-16-5-7-18-35(32)45(36-19-8-6-17-33(29)36)31-26-27-34-41-24-13-25-42(47(41)48-43(34)28-31)46-39-22-11-9-20-37(39)44(30-14-3-2-4-15-30)38-21-10-12-23-40(38)46/h2-28H,1H3. The van der Waals surface area contributed by atoms with Crippen molar-refractivity contribution in [2.75, 3.05) is 0 Å². The van der Waals surface area contributed by atoms with Crippen LogP contribution >= 0.6 is 11.3 Å². The van der Waals surface area contributed by atoms with Gasteiger partial charge in [0.25, 0.3) is 0 Å². The molecule has 0 aliphatic carbocycles. The lowest BCUT2D eigenvalue weighted by atomic mass is 9.85. The summed E-state index contributed by atoms with van der Waals surface area (Å²) in [6.45, 7) is 2.25. The van der Waals surface area contributed by atoms with Crippen LogP contribution < -0.4 is 0 Å². The number of aryl methyl sites for hydroxylation is 1. The molecule has 0 saturated heterocycles. The number of rotatable bonds is 3. The van der Waals surface area contributed by atoms with Crippen molar-refractivity contribution in [2.24, 2.45) is 0 Å². The molecule has 0 amide bonds. The van der Waals surface area contributed by atoms with Crippen LogP contribution in [0.5, 0.6) is 0 Å². The Morgan fingerprint density at radius 1 is 0.333 bits per heavy atom. The van der Waals surface area contributed by atoms with Crippen molar-refractivity contribution in [2.45, 2.75) is 6.92 Å². The molecule has 0 radical (unpaired) electrons. The van der Waals surface area contributed by atoms with Crippen LogP contribution in [0.3, 0.4) is 0 Å². The molecule has 0 bridgehead atoms. The van der Waals surface area contributed by atoms with Gasteiger partial charge in [0.05, 0.1) is 0 Å². The fourth-order valence-electron chi connectivity index (χ4n) is 8.14. The number of hydrogen-bond acceptors (Lipinski definition) is 1. The van der Waals surface area contributed by atoms with Crippen molar-refractivity contribution in [1.29, 1.82) is 0 Å². The third-order valence-corrected chi connectivity index (χ3v) is 11.5. The highest BCUT2D eigenvalue weighted by molar-refractivity contribution is 7.26. The van der Waals surface area contributed by atoms with Gasteiger partial charge < -0.3 is 0 Å². The lowest BCUT2D eigenvalue weighted by molar-refractivity contribution is 1.58. The van der Waals surface area contributed by atoms with Gasteiger partial charge in [-0.15, -0.1) is 11.3 Å². The number of benzene rings is 9. The number of thiophene rings is 1. The van der Waals surface area contributed by atoms with Gasteiger partial charge in [-0.3, -0.25) is 0 Å². The summed E-state index contributed by atoms with van der Waals surface area (Å²) in [4.78, 5) is 0. The fourth-order valence-corrected chi connectivity index (χ4v) is 9.40. The molecule has 1 heteroatoms. The van der Waals surface area contributed by atoms with Gasteiger partial charge in [0.15, 0.2) is 0 Å². The maximum Gasteiger partial charge on any atom is 0.0434 e. The minimum Gasteiger partial charge on any atom is -0.135 e. The Morgan fingerprint density at radius 2 is 0.792 bits per heavy atom. The second kappa shape index (κ2) is 10.6. The normalized spacial score (nSPS) is 11.9. The summed E-state index contributed by atoms with van der Waals surface area (Å²) in [6.07, 6.45) is 0. The Morgan fingerprint density at radius 3 is 1.38 bits per heavy atom. The Labute approximate surface area is 283 Å². The monoisotopic (exact) mass is 626 g/mol. The molecule has 0 N–H and O–H groups in total. The molecule has 10 aromatic rings. The van der Waals surface area contributed by atoms with Crippen molar-refractivity contribution >= 4 is 74.6 Å². The first kappa shape index (κ1) is 27.4. The van der Waals surface area contributed by atoms with Gasteiger partial charge in [-0.2, -0.15) is 0 Å². The molecule has 9 aromatic carbocycles. The Kier molecular flexibility index (Phi) is 6.06. The minimum atomic E-state index is 1.25. The van der Waals surface area contributed by atoms with E-state index in [1.54, 1.807) is 0 Å². The summed E-state index contributed by atoms with van der Waals surface area (Å²) in [6, 6.07) is 60.5. The molecule has 0 atom stereocenters. The summed E-state index contributed by atoms with van der Waals surface area (Å²) in [7, 11) is 0. The van der Waals surface area contributed by atoms with Crippen LogP contribution in [0.1, 0.15) is 5.56 Å². The van der Waals surface area contributed by atoms with E-state index in [9.17, 15) is 0 Å². The predicted molar refractivity (Wildman–Crippen MR) is 210 cm³/mol. The summed E-state index contributed by atoms with van der Waals surface area (Å²) < 4.78 is 2.66.